The van der Waals surface area contributed by atoms with Gasteiger partial charge in [0, 0.05) is 25.0 Å². The van der Waals surface area contributed by atoms with Gasteiger partial charge in [-0.05, 0) is 43.2 Å². The van der Waals surface area contributed by atoms with Crippen LogP contribution in [-0.4, -0.2) is 28.8 Å². The summed E-state index contributed by atoms with van der Waals surface area (Å²) < 4.78 is 5.70. The summed E-state index contributed by atoms with van der Waals surface area (Å²) in [7, 11) is 0. The first-order valence-corrected chi connectivity index (χ1v) is 6.70. The molecule has 0 unspecified atom stereocenters. The van der Waals surface area contributed by atoms with Crippen molar-refractivity contribution in [2.75, 3.05) is 6.61 Å². The Labute approximate surface area is 113 Å². The van der Waals surface area contributed by atoms with Gasteiger partial charge in [-0.3, -0.25) is 4.98 Å². The molecule has 1 amide bonds. The van der Waals surface area contributed by atoms with Crippen LogP contribution in [0.3, 0.4) is 0 Å². The van der Waals surface area contributed by atoms with Gasteiger partial charge >= 0.3 is 6.09 Å². The molecule has 0 spiro atoms. The molecule has 0 aromatic carbocycles. The van der Waals surface area contributed by atoms with Gasteiger partial charge in [0.15, 0.2) is 0 Å². The first-order chi connectivity index (χ1) is 9.24. The van der Waals surface area contributed by atoms with Crippen molar-refractivity contribution in [1.29, 1.82) is 0 Å². The van der Waals surface area contributed by atoms with Crippen molar-refractivity contribution in [3.05, 3.63) is 30.1 Å². The Morgan fingerprint density at radius 3 is 2.84 bits per heavy atom. The Morgan fingerprint density at radius 2 is 2.21 bits per heavy atom. The van der Waals surface area contributed by atoms with Gasteiger partial charge in [0.05, 0.1) is 6.61 Å². The molecule has 19 heavy (non-hydrogen) atoms. The van der Waals surface area contributed by atoms with Crippen LogP contribution in [0.15, 0.2) is 24.5 Å². The van der Waals surface area contributed by atoms with Crippen molar-refractivity contribution in [3.63, 3.8) is 0 Å². The average Bonchev–Trinajstić information content (AvgIpc) is 2.41. The monoisotopic (exact) mass is 264 g/mol. The number of rotatable bonds is 5. The van der Waals surface area contributed by atoms with E-state index in [0.29, 0.717) is 12.5 Å². The fourth-order valence-electron chi connectivity index (χ4n) is 2.48. The van der Waals surface area contributed by atoms with Crippen molar-refractivity contribution in [1.82, 2.24) is 10.3 Å². The first kappa shape index (κ1) is 13.8. The van der Waals surface area contributed by atoms with Crippen LogP contribution in [0.2, 0.25) is 0 Å². The highest BCUT2D eigenvalue weighted by Gasteiger charge is 2.22. The SMILES string of the molecule is O=C(O)NC1CCC(COCc2cccnc2)CC1. The fraction of sp³-hybridized carbons (Fsp3) is 0.571. The highest BCUT2D eigenvalue weighted by molar-refractivity contribution is 5.64. The van der Waals surface area contributed by atoms with E-state index in [1.165, 1.54) is 0 Å². The molecule has 0 bridgehead atoms. The van der Waals surface area contributed by atoms with Crippen LogP contribution in [0.5, 0.6) is 0 Å². The third-order valence-corrected chi connectivity index (χ3v) is 3.52. The number of ether oxygens (including phenoxy) is 1. The topological polar surface area (TPSA) is 71.5 Å². The molecule has 1 aliphatic carbocycles. The van der Waals surface area contributed by atoms with Crippen LogP contribution in [0.25, 0.3) is 0 Å². The van der Waals surface area contributed by atoms with Crippen LogP contribution >= 0.6 is 0 Å². The number of hydrogen-bond acceptors (Lipinski definition) is 3. The van der Waals surface area contributed by atoms with Gasteiger partial charge in [0.25, 0.3) is 0 Å². The molecule has 0 radical (unpaired) electrons. The van der Waals surface area contributed by atoms with Gasteiger partial charge in [0.2, 0.25) is 0 Å². The molecular formula is C14H20N2O3. The Bertz CT molecular complexity index is 389. The molecule has 2 rings (SSSR count). The summed E-state index contributed by atoms with van der Waals surface area (Å²) in [5.74, 6) is 0.545. The van der Waals surface area contributed by atoms with E-state index < -0.39 is 6.09 Å². The molecule has 0 aliphatic heterocycles. The molecule has 0 atom stereocenters. The van der Waals surface area contributed by atoms with Crippen molar-refractivity contribution in [2.45, 2.75) is 38.3 Å². The molecule has 1 heterocycles. The van der Waals surface area contributed by atoms with Gasteiger partial charge in [-0.25, -0.2) is 4.79 Å². The van der Waals surface area contributed by atoms with E-state index in [9.17, 15) is 4.79 Å². The Kier molecular flexibility index (Phi) is 5.15. The van der Waals surface area contributed by atoms with Gasteiger partial charge < -0.3 is 15.2 Å². The fourth-order valence-corrected chi connectivity index (χ4v) is 2.48. The van der Waals surface area contributed by atoms with Crippen LogP contribution in [-0.2, 0) is 11.3 Å². The molecule has 104 valence electrons. The quantitative estimate of drug-likeness (QED) is 0.856. The number of nitrogens with zero attached hydrogens (tertiary/aromatic N) is 1. The molecule has 5 nitrogen and oxygen atoms in total. The minimum absolute atomic E-state index is 0.118. The highest BCUT2D eigenvalue weighted by Crippen LogP contribution is 2.24. The second-order valence-corrected chi connectivity index (χ2v) is 5.04. The van der Waals surface area contributed by atoms with Gasteiger partial charge in [-0.1, -0.05) is 6.07 Å². The number of carbonyl (C=O) groups is 1. The first-order valence-electron chi connectivity index (χ1n) is 6.70. The largest absolute Gasteiger partial charge is 0.465 e. The molecule has 0 saturated heterocycles. The number of nitrogens with one attached hydrogen (secondary N) is 1. The third kappa shape index (κ3) is 4.87. The number of carboxylic acid groups (broad SMARTS) is 1. The highest BCUT2D eigenvalue weighted by atomic mass is 16.5. The number of aromatic nitrogens is 1. The zero-order valence-electron chi connectivity index (χ0n) is 10.9. The minimum atomic E-state index is -0.920. The summed E-state index contributed by atoms with van der Waals surface area (Å²) in [5, 5.41) is 11.2. The lowest BCUT2D eigenvalue weighted by Gasteiger charge is -2.28. The zero-order chi connectivity index (χ0) is 13.5. The van der Waals surface area contributed by atoms with Crippen molar-refractivity contribution in [2.24, 2.45) is 5.92 Å². The summed E-state index contributed by atoms with van der Waals surface area (Å²) in [5.41, 5.74) is 1.09. The molecule has 2 N–H and O–H groups in total. The lowest BCUT2D eigenvalue weighted by atomic mass is 9.86. The maximum absolute atomic E-state index is 10.5. The van der Waals surface area contributed by atoms with E-state index >= 15 is 0 Å². The van der Waals surface area contributed by atoms with E-state index in [2.05, 4.69) is 10.3 Å². The van der Waals surface area contributed by atoms with Gasteiger partial charge in [0.1, 0.15) is 0 Å². The van der Waals surface area contributed by atoms with Crippen molar-refractivity contribution in [3.8, 4) is 0 Å². The van der Waals surface area contributed by atoms with Crippen LogP contribution < -0.4 is 5.32 Å². The van der Waals surface area contributed by atoms with Crippen LogP contribution in [0, 0.1) is 5.92 Å². The predicted octanol–water partition coefficient (Wildman–Crippen LogP) is 2.42. The summed E-state index contributed by atoms with van der Waals surface area (Å²) in [6.45, 7) is 1.34. The second-order valence-electron chi connectivity index (χ2n) is 5.04. The average molecular weight is 264 g/mol. The summed E-state index contributed by atoms with van der Waals surface area (Å²) in [6, 6.07) is 4.02. The molecule has 5 heteroatoms. The van der Waals surface area contributed by atoms with E-state index in [1.54, 1.807) is 6.20 Å². The van der Waals surface area contributed by atoms with E-state index in [-0.39, 0.29) is 6.04 Å². The molecule has 1 saturated carbocycles. The second kappa shape index (κ2) is 7.09. The van der Waals surface area contributed by atoms with Crippen molar-refractivity contribution >= 4 is 6.09 Å². The van der Waals surface area contributed by atoms with Crippen LogP contribution in [0.1, 0.15) is 31.2 Å². The summed E-state index contributed by atoms with van der Waals surface area (Å²) in [6.07, 6.45) is 6.51. The Balaban J connectivity index is 1.62. The predicted molar refractivity (Wildman–Crippen MR) is 70.8 cm³/mol. The van der Waals surface area contributed by atoms with Gasteiger partial charge in [-0.2, -0.15) is 0 Å². The minimum Gasteiger partial charge on any atom is -0.465 e. The summed E-state index contributed by atoms with van der Waals surface area (Å²) in [4.78, 5) is 14.6. The van der Waals surface area contributed by atoms with Gasteiger partial charge in [-0.15, -0.1) is 0 Å². The lowest BCUT2D eigenvalue weighted by Crippen LogP contribution is -2.37. The molecule has 1 fully saturated rings. The Morgan fingerprint density at radius 1 is 1.42 bits per heavy atom. The maximum atomic E-state index is 10.5. The number of amides is 1. The molecule has 1 aliphatic rings. The van der Waals surface area contributed by atoms with E-state index in [1.807, 2.05) is 18.3 Å². The van der Waals surface area contributed by atoms with Crippen LogP contribution in [0.4, 0.5) is 4.79 Å². The standard InChI is InChI=1S/C14H20N2O3/c17-14(18)16-13-5-3-11(4-6-13)9-19-10-12-2-1-7-15-8-12/h1-2,7-8,11,13,16H,3-6,9-10H2,(H,17,18). The molecular weight excluding hydrogens is 244 g/mol. The molecule has 1 aromatic heterocycles. The van der Waals surface area contributed by atoms with E-state index in [0.717, 1.165) is 37.9 Å². The summed E-state index contributed by atoms with van der Waals surface area (Å²) >= 11 is 0. The zero-order valence-corrected chi connectivity index (χ0v) is 10.9. The maximum Gasteiger partial charge on any atom is 0.404 e. The normalized spacial score (nSPS) is 22.9. The smallest absolute Gasteiger partial charge is 0.404 e. The molecule has 1 aromatic rings. The lowest BCUT2D eigenvalue weighted by molar-refractivity contribution is 0.0697. The third-order valence-electron chi connectivity index (χ3n) is 3.52. The number of pyridine rings is 1. The number of hydrogen-bond donors (Lipinski definition) is 2. The van der Waals surface area contributed by atoms with Crippen molar-refractivity contribution < 1.29 is 14.6 Å². The Hall–Kier alpha value is -1.62. The van der Waals surface area contributed by atoms with E-state index in [4.69, 9.17) is 9.84 Å².